The third kappa shape index (κ3) is 6.39. The van der Waals surface area contributed by atoms with E-state index in [0.717, 1.165) is 0 Å². The van der Waals surface area contributed by atoms with Crippen LogP contribution in [0.4, 0.5) is 0 Å². The molecule has 0 aliphatic carbocycles. The van der Waals surface area contributed by atoms with Gasteiger partial charge < -0.3 is 28.8 Å². The van der Waals surface area contributed by atoms with Crippen molar-refractivity contribution < 1.29 is 43.2 Å². The van der Waals surface area contributed by atoms with Gasteiger partial charge in [0.15, 0.2) is 18.5 Å². The highest BCUT2D eigenvalue weighted by molar-refractivity contribution is 5.90. The van der Waals surface area contributed by atoms with Crippen LogP contribution in [0.2, 0.25) is 0 Å². The summed E-state index contributed by atoms with van der Waals surface area (Å²) in [7, 11) is 1.34. The summed E-state index contributed by atoms with van der Waals surface area (Å²) in [6.07, 6.45) is -6.49. The summed E-state index contributed by atoms with van der Waals surface area (Å²) in [5, 5.41) is 10.8. The summed E-state index contributed by atoms with van der Waals surface area (Å²) < 4.78 is 27.8. The van der Waals surface area contributed by atoms with E-state index in [1.54, 1.807) is 91.0 Å². The summed E-state index contributed by atoms with van der Waals surface area (Å²) in [5.74, 6) is -2.08. The quantitative estimate of drug-likeness (QED) is 0.363. The number of esters is 3. The standard InChI is InChI=1S/C28H26O9/c1-33-22-21(17-34-25(29)18-11-5-2-6-12-18)35-28(32)24(37-27(31)20-15-9-4-10-16-20)23(22)36-26(30)19-13-7-3-8-14-19/h2-16,21-24,28,32H,17H2,1H3/t21-,22-,23+,24-,28?/m1/s1. The lowest BCUT2D eigenvalue weighted by molar-refractivity contribution is -0.288. The number of carbonyl (C=O) groups is 3. The summed E-state index contributed by atoms with van der Waals surface area (Å²) in [6, 6.07) is 24.7. The molecule has 3 aromatic rings. The summed E-state index contributed by atoms with van der Waals surface area (Å²) >= 11 is 0. The average Bonchev–Trinajstić information content (AvgIpc) is 2.94. The van der Waals surface area contributed by atoms with Crippen LogP contribution in [0.1, 0.15) is 31.1 Å². The smallest absolute Gasteiger partial charge is 0.338 e. The van der Waals surface area contributed by atoms with Crippen molar-refractivity contribution in [3.63, 3.8) is 0 Å². The van der Waals surface area contributed by atoms with Gasteiger partial charge >= 0.3 is 17.9 Å². The van der Waals surface area contributed by atoms with Gasteiger partial charge in [0.05, 0.1) is 16.7 Å². The van der Waals surface area contributed by atoms with E-state index in [4.69, 9.17) is 23.7 Å². The lowest BCUT2D eigenvalue weighted by Crippen LogP contribution is -2.62. The highest BCUT2D eigenvalue weighted by atomic mass is 16.7. The van der Waals surface area contributed by atoms with E-state index >= 15 is 0 Å². The molecule has 1 aliphatic rings. The molecule has 0 radical (unpaired) electrons. The second kappa shape index (κ2) is 12.3. The van der Waals surface area contributed by atoms with Gasteiger partial charge in [0.2, 0.25) is 0 Å². The molecule has 0 aromatic heterocycles. The van der Waals surface area contributed by atoms with Crippen molar-refractivity contribution in [3.05, 3.63) is 108 Å². The van der Waals surface area contributed by atoms with Crippen LogP contribution in [0.15, 0.2) is 91.0 Å². The highest BCUT2D eigenvalue weighted by Crippen LogP contribution is 2.29. The van der Waals surface area contributed by atoms with Gasteiger partial charge in [-0.2, -0.15) is 0 Å². The van der Waals surface area contributed by atoms with E-state index < -0.39 is 48.6 Å². The Morgan fingerprint density at radius 1 is 0.676 bits per heavy atom. The van der Waals surface area contributed by atoms with Gasteiger partial charge in [-0.15, -0.1) is 0 Å². The number of hydrogen-bond donors (Lipinski definition) is 1. The van der Waals surface area contributed by atoms with Crippen LogP contribution < -0.4 is 0 Å². The first-order chi connectivity index (χ1) is 18.0. The number of rotatable bonds is 8. The zero-order valence-corrected chi connectivity index (χ0v) is 20.0. The monoisotopic (exact) mass is 506 g/mol. The lowest BCUT2D eigenvalue weighted by Gasteiger charge is -2.42. The first kappa shape index (κ1) is 26.0. The number of hydrogen-bond acceptors (Lipinski definition) is 9. The molecule has 0 bridgehead atoms. The van der Waals surface area contributed by atoms with Crippen molar-refractivity contribution >= 4 is 17.9 Å². The largest absolute Gasteiger partial charge is 0.459 e. The van der Waals surface area contributed by atoms with Crippen molar-refractivity contribution in [2.45, 2.75) is 30.7 Å². The lowest BCUT2D eigenvalue weighted by atomic mass is 9.98. The van der Waals surface area contributed by atoms with Crippen LogP contribution >= 0.6 is 0 Å². The van der Waals surface area contributed by atoms with Gasteiger partial charge in [-0.1, -0.05) is 54.6 Å². The average molecular weight is 507 g/mol. The fourth-order valence-corrected chi connectivity index (χ4v) is 3.92. The van der Waals surface area contributed by atoms with Crippen LogP contribution in [0.3, 0.4) is 0 Å². The number of benzene rings is 3. The molecule has 5 atom stereocenters. The molecule has 0 spiro atoms. The molecule has 1 fully saturated rings. The Hall–Kier alpha value is -4.05. The minimum Gasteiger partial charge on any atom is -0.459 e. The number of aliphatic hydroxyl groups is 1. The molecule has 1 unspecified atom stereocenters. The van der Waals surface area contributed by atoms with Gasteiger partial charge in [-0.25, -0.2) is 14.4 Å². The maximum Gasteiger partial charge on any atom is 0.338 e. The van der Waals surface area contributed by atoms with E-state index in [1.807, 2.05) is 0 Å². The van der Waals surface area contributed by atoms with Crippen LogP contribution in [0.25, 0.3) is 0 Å². The van der Waals surface area contributed by atoms with Gasteiger partial charge in [0.25, 0.3) is 0 Å². The third-order valence-electron chi connectivity index (χ3n) is 5.77. The Morgan fingerprint density at radius 3 is 1.57 bits per heavy atom. The molecule has 9 heteroatoms. The van der Waals surface area contributed by atoms with Crippen molar-refractivity contribution in [2.75, 3.05) is 13.7 Å². The normalized spacial score (nSPS) is 23.0. The van der Waals surface area contributed by atoms with Gasteiger partial charge in [-0.05, 0) is 36.4 Å². The van der Waals surface area contributed by atoms with Gasteiger partial charge in [-0.3, -0.25) is 0 Å². The predicted molar refractivity (Wildman–Crippen MR) is 130 cm³/mol. The van der Waals surface area contributed by atoms with Crippen molar-refractivity contribution in [2.24, 2.45) is 0 Å². The molecule has 37 heavy (non-hydrogen) atoms. The molecule has 1 heterocycles. The summed E-state index contributed by atoms with van der Waals surface area (Å²) in [5.41, 5.74) is 0.809. The second-order valence-corrected chi connectivity index (χ2v) is 8.20. The van der Waals surface area contributed by atoms with Crippen LogP contribution in [-0.2, 0) is 23.7 Å². The van der Waals surface area contributed by atoms with Gasteiger partial charge in [0.1, 0.15) is 18.8 Å². The van der Waals surface area contributed by atoms with E-state index in [9.17, 15) is 19.5 Å². The molecular formula is C28H26O9. The van der Waals surface area contributed by atoms with Crippen molar-refractivity contribution in [1.82, 2.24) is 0 Å². The molecule has 1 saturated heterocycles. The van der Waals surface area contributed by atoms with E-state index in [1.165, 1.54) is 7.11 Å². The Bertz CT molecular complexity index is 1180. The van der Waals surface area contributed by atoms with Gasteiger partial charge in [0, 0.05) is 7.11 Å². The molecule has 0 saturated carbocycles. The van der Waals surface area contributed by atoms with Crippen LogP contribution in [-0.4, -0.2) is 67.4 Å². The van der Waals surface area contributed by atoms with E-state index in [0.29, 0.717) is 5.56 Å². The topological polar surface area (TPSA) is 118 Å². The van der Waals surface area contributed by atoms with Crippen LogP contribution in [0.5, 0.6) is 0 Å². The Morgan fingerprint density at radius 2 is 1.11 bits per heavy atom. The maximum absolute atomic E-state index is 12.9. The number of methoxy groups -OCH3 is 1. The Kier molecular flexibility index (Phi) is 8.63. The first-order valence-electron chi connectivity index (χ1n) is 11.6. The third-order valence-corrected chi connectivity index (χ3v) is 5.77. The van der Waals surface area contributed by atoms with E-state index in [-0.39, 0.29) is 17.7 Å². The van der Waals surface area contributed by atoms with E-state index in [2.05, 4.69) is 0 Å². The molecule has 3 aromatic carbocycles. The summed E-state index contributed by atoms with van der Waals surface area (Å²) in [6.45, 7) is -0.317. The molecule has 4 rings (SSSR count). The zero-order chi connectivity index (χ0) is 26.2. The second-order valence-electron chi connectivity index (χ2n) is 8.20. The minimum atomic E-state index is -1.70. The minimum absolute atomic E-state index is 0.232. The van der Waals surface area contributed by atoms with Crippen molar-refractivity contribution in [3.8, 4) is 0 Å². The first-order valence-corrected chi connectivity index (χ1v) is 11.6. The maximum atomic E-state index is 12.9. The van der Waals surface area contributed by atoms with Crippen LogP contribution in [0, 0.1) is 0 Å². The molecule has 192 valence electrons. The molecular weight excluding hydrogens is 480 g/mol. The molecule has 1 N–H and O–H groups in total. The molecule has 1 aliphatic heterocycles. The Balaban J connectivity index is 1.55. The zero-order valence-electron chi connectivity index (χ0n) is 20.0. The summed E-state index contributed by atoms with van der Waals surface area (Å²) in [4.78, 5) is 38.1. The van der Waals surface area contributed by atoms with Crippen molar-refractivity contribution in [1.29, 1.82) is 0 Å². The fourth-order valence-electron chi connectivity index (χ4n) is 3.92. The SMILES string of the molecule is CO[C@H]1[C@H](OC(=O)c2ccccc2)[C@@H](OC(=O)c2ccccc2)C(O)O[C@@H]1COC(=O)c1ccccc1. The predicted octanol–water partition coefficient (Wildman–Crippen LogP) is 3.03. The fraction of sp³-hybridized carbons (Fsp3) is 0.250. The Labute approximate surface area is 213 Å². The number of carbonyl (C=O) groups excluding carboxylic acids is 3. The molecule has 0 amide bonds. The number of ether oxygens (including phenoxy) is 5. The highest BCUT2D eigenvalue weighted by Gasteiger charge is 2.51. The molecule has 9 nitrogen and oxygen atoms in total. The number of aliphatic hydroxyl groups excluding tert-OH is 1.